The van der Waals surface area contributed by atoms with E-state index in [0.29, 0.717) is 11.5 Å². The number of phenolic OH excluding ortho intramolecular Hbond substituents is 2. The Morgan fingerprint density at radius 2 is 0.744 bits per heavy atom. The van der Waals surface area contributed by atoms with Crippen molar-refractivity contribution in [2.75, 3.05) is 10.8 Å². The van der Waals surface area contributed by atoms with E-state index in [0.717, 1.165) is 22.3 Å². The number of aromatic hydroxyl groups is 2. The summed E-state index contributed by atoms with van der Waals surface area (Å²) in [5.74, 6) is 0.919. The fourth-order valence-electron chi connectivity index (χ4n) is 4.84. The van der Waals surface area contributed by atoms with Crippen molar-refractivity contribution in [3.8, 4) is 11.5 Å². The van der Waals surface area contributed by atoms with Gasteiger partial charge in [0.2, 0.25) is 0 Å². The first kappa shape index (κ1) is 34.2. The maximum atomic E-state index is 11.2. The molecule has 0 spiro atoms. The fraction of sp³-hybridized carbons (Fsp3) is 0.647. The molecule has 0 amide bonds. The third-order valence-electron chi connectivity index (χ3n) is 7.99. The minimum Gasteiger partial charge on any atom is -0.507 e. The molecule has 0 saturated heterocycles. The minimum absolute atomic E-state index is 0.116. The van der Waals surface area contributed by atoms with Crippen molar-refractivity contribution in [1.82, 2.24) is 0 Å². The standard InChI is InChI=1S/C34H56O2S2Si/c1-15-39(16-2,21-37-23-17-25(31(3,4)5)29(35)26(18-23)32(6,7)8)22-38-24-19-27(33(9,10)11)30(36)28(20-24)34(12,13)14/h17-20,35-36H,15-16,21-22H2,1-14H3. The lowest BCUT2D eigenvalue weighted by Gasteiger charge is -2.31. The van der Waals surface area contributed by atoms with Gasteiger partial charge < -0.3 is 10.2 Å². The molecule has 0 heterocycles. The first-order chi connectivity index (χ1) is 17.6. The van der Waals surface area contributed by atoms with Crippen molar-refractivity contribution in [1.29, 1.82) is 0 Å². The van der Waals surface area contributed by atoms with Crippen LogP contribution in [0, 0.1) is 0 Å². The summed E-state index contributed by atoms with van der Waals surface area (Å²) < 4.78 is 0. The van der Waals surface area contributed by atoms with Gasteiger partial charge in [-0.3, -0.25) is 0 Å². The summed E-state index contributed by atoms with van der Waals surface area (Å²) in [6.45, 7) is 31.0. The normalized spacial score (nSPS) is 13.7. The van der Waals surface area contributed by atoms with Crippen LogP contribution in [-0.4, -0.2) is 29.0 Å². The maximum absolute atomic E-state index is 11.2. The van der Waals surface area contributed by atoms with Crippen molar-refractivity contribution in [3.05, 3.63) is 46.5 Å². The zero-order chi connectivity index (χ0) is 30.2. The molecule has 2 aromatic carbocycles. The molecule has 0 aromatic heterocycles. The van der Waals surface area contributed by atoms with E-state index in [1.54, 1.807) is 0 Å². The molecule has 0 aliphatic heterocycles. The van der Waals surface area contributed by atoms with E-state index in [-0.39, 0.29) is 21.7 Å². The summed E-state index contributed by atoms with van der Waals surface area (Å²) in [5.41, 5.74) is 3.70. The van der Waals surface area contributed by atoms with E-state index in [1.165, 1.54) is 32.6 Å². The number of phenols is 2. The highest BCUT2D eigenvalue weighted by Gasteiger charge is 2.32. The largest absolute Gasteiger partial charge is 0.507 e. The van der Waals surface area contributed by atoms with Crippen LogP contribution in [0.3, 0.4) is 0 Å². The lowest BCUT2D eigenvalue weighted by molar-refractivity contribution is 0.421. The molecule has 0 unspecified atom stereocenters. The second kappa shape index (κ2) is 12.1. The van der Waals surface area contributed by atoms with Crippen LogP contribution >= 0.6 is 23.5 Å². The molecular formula is C34H56O2S2Si. The Morgan fingerprint density at radius 3 is 0.923 bits per heavy atom. The topological polar surface area (TPSA) is 40.5 Å². The van der Waals surface area contributed by atoms with E-state index < -0.39 is 8.07 Å². The maximum Gasteiger partial charge on any atom is 0.123 e. The Hall–Kier alpha value is -1.04. The highest BCUT2D eigenvalue weighted by molar-refractivity contribution is 8.03. The van der Waals surface area contributed by atoms with Crippen LogP contribution in [0.15, 0.2) is 34.1 Å². The monoisotopic (exact) mass is 588 g/mol. The predicted octanol–water partition coefficient (Wildman–Crippen LogP) is 10.7. The zero-order valence-corrected chi connectivity index (χ0v) is 30.0. The Kier molecular flexibility index (Phi) is 10.6. The molecule has 0 radical (unpaired) electrons. The van der Waals surface area contributed by atoms with Gasteiger partial charge in [-0.25, -0.2) is 0 Å². The summed E-state index contributed by atoms with van der Waals surface area (Å²) in [7, 11) is -1.59. The Balaban J connectivity index is 2.42. The fourth-order valence-corrected chi connectivity index (χ4v) is 14.3. The Bertz CT molecular complexity index is 980. The number of rotatable bonds is 8. The molecule has 0 saturated carbocycles. The summed E-state index contributed by atoms with van der Waals surface area (Å²) in [6, 6.07) is 11.4. The van der Waals surface area contributed by atoms with Crippen LogP contribution in [0.4, 0.5) is 0 Å². The van der Waals surface area contributed by atoms with Gasteiger partial charge >= 0.3 is 0 Å². The summed E-state index contributed by atoms with van der Waals surface area (Å²) in [5, 5.41) is 24.7. The van der Waals surface area contributed by atoms with Crippen LogP contribution < -0.4 is 0 Å². The first-order valence-corrected chi connectivity index (χ1v) is 19.4. The van der Waals surface area contributed by atoms with E-state index in [2.05, 4.69) is 121 Å². The Morgan fingerprint density at radius 1 is 0.513 bits per heavy atom. The number of hydrogen-bond donors (Lipinski definition) is 2. The van der Waals surface area contributed by atoms with Gasteiger partial charge in [-0.2, -0.15) is 0 Å². The second-order valence-electron chi connectivity index (χ2n) is 15.5. The summed E-state index contributed by atoms with van der Waals surface area (Å²) in [6.07, 6.45) is 0. The summed E-state index contributed by atoms with van der Waals surface area (Å²) in [4.78, 5) is 2.56. The average molecular weight is 589 g/mol. The lowest BCUT2D eigenvalue weighted by atomic mass is 9.79. The molecule has 39 heavy (non-hydrogen) atoms. The van der Waals surface area contributed by atoms with Gasteiger partial charge in [0.15, 0.2) is 0 Å². The van der Waals surface area contributed by atoms with Crippen molar-refractivity contribution in [2.45, 2.75) is 140 Å². The Labute approximate surface area is 250 Å². The SMILES string of the molecule is CC[Si](CC)(CSc1cc(C(C)(C)C)c(O)c(C(C)(C)C)c1)CSc1cc(C(C)(C)C)c(O)c(C(C)(C)C)c1. The van der Waals surface area contributed by atoms with Gasteiger partial charge in [0.05, 0.1) is 8.07 Å². The quantitative estimate of drug-likeness (QED) is 0.238. The van der Waals surface area contributed by atoms with Gasteiger partial charge in [0, 0.05) is 32.0 Å². The first-order valence-electron chi connectivity index (χ1n) is 14.6. The van der Waals surface area contributed by atoms with Crippen LogP contribution in [0.5, 0.6) is 11.5 Å². The molecule has 2 N–H and O–H groups in total. The van der Waals surface area contributed by atoms with Gasteiger partial charge in [-0.05, 0) is 56.7 Å². The molecule has 0 fully saturated rings. The molecule has 2 rings (SSSR count). The van der Waals surface area contributed by atoms with Crippen molar-refractivity contribution >= 4 is 31.6 Å². The van der Waals surface area contributed by atoms with Crippen LogP contribution in [0.2, 0.25) is 12.1 Å². The van der Waals surface area contributed by atoms with Gasteiger partial charge in [-0.15, -0.1) is 23.5 Å². The van der Waals surface area contributed by atoms with Crippen LogP contribution in [-0.2, 0) is 21.7 Å². The molecule has 5 heteroatoms. The molecule has 0 atom stereocenters. The molecule has 0 aliphatic carbocycles. The number of thioether (sulfide) groups is 2. The third kappa shape index (κ3) is 8.48. The van der Waals surface area contributed by atoms with Crippen molar-refractivity contribution in [3.63, 3.8) is 0 Å². The molecule has 2 nitrogen and oxygen atoms in total. The highest BCUT2D eigenvalue weighted by atomic mass is 32.2. The van der Waals surface area contributed by atoms with E-state index >= 15 is 0 Å². The van der Waals surface area contributed by atoms with Gasteiger partial charge in [0.1, 0.15) is 11.5 Å². The molecule has 0 aliphatic rings. The number of benzene rings is 2. The van der Waals surface area contributed by atoms with E-state index in [4.69, 9.17) is 0 Å². The van der Waals surface area contributed by atoms with Crippen LogP contribution in [0.1, 0.15) is 119 Å². The zero-order valence-electron chi connectivity index (χ0n) is 27.3. The molecule has 220 valence electrons. The number of hydrogen-bond acceptors (Lipinski definition) is 4. The van der Waals surface area contributed by atoms with E-state index in [9.17, 15) is 10.2 Å². The van der Waals surface area contributed by atoms with Crippen molar-refractivity contribution in [2.24, 2.45) is 0 Å². The van der Waals surface area contributed by atoms with Crippen molar-refractivity contribution < 1.29 is 10.2 Å². The minimum atomic E-state index is -1.59. The third-order valence-corrected chi connectivity index (χ3v) is 18.2. The summed E-state index contributed by atoms with van der Waals surface area (Å²) >= 11 is 3.99. The van der Waals surface area contributed by atoms with Gasteiger partial charge in [0.25, 0.3) is 0 Å². The molecule has 2 aromatic rings. The average Bonchev–Trinajstić information content (AvgIpc) is 2.78. The second-order valence-corrected chi connectivity index (χ2v) is 23.8. The smallest absolute Gasteiger partial charge is 0.123 e. The molecular weight excluding hydrogens is 533 g/mol. The van der Waals surface area contributed by atoms with E-state index in [1.807, 2.05) is 23.5 Å². The van der Waals surface area contributed by atoms with Gasteiger partial charge in [-0.1, -0.05) is 109 Å². The highest BCUT2D eigenvalue weighted by Crippen LogP contribution is 2.44. The predicted molar refractivity (Wildman–Crippen MR) is 179 cm³/mol. The lowest BCUT2D eigenvalue weighted by Crippen LogP contribution is -2.40. The van der Waals surface area contributed by atoms with Crippen LogP contribution in [0.25, 0.3) is 0 Å². The molecule has 0 bridgehead atoms.